The van der Waals surface area contributed by atoms with E-state index in [1.807, 2.05) is 23.1 Å². The van der Waals surface area contributed by atoms with Gasteiger partial charge in [0, 0.05) is 51.7 Å². The van der Waals surface area contributed by atoms with Crippen LogP contribution in [0.15, 0.2) is 48.8 Å². The van der Waals surface area contributed by atoms with Crippen LogP contribution in [0.25, 0.3) is 0 Å². The third-order valence-electron chi connectivity index (χ3n) is 6.18. The van der Waals surface area contributed by atoms with Crippen molar-refractivity contribution in [1.29, 1.82) is 0 Å². The molecule has 3 heterocycles. The lowest BCUT2D eigenvalue weighted by Gasteiger charge is -2.34. The summed E-state index contributed by atoms with van der Waals surface area (Å²) < 4.78 is 32.1. The Labute approximate surface area is 199 Å². The van der Waals surface area contributed by atoms with Gasteiger partial charge in [0.1, 0.15) is 0 Å². The molecule has 11 heteroatoms. The summed E-state index contributed by atoms with van der Waals surface area (Å²) in [5, 5.41) is 0. The third-order valence-corrected chi connectivity index (χ3v) is 8.03. The van der Waals surface area contributed by atoms with Gasteiger partial charge in [0.2, 0.25) is 16.0 Å². The van der Waals surface area contributed by atoms with Gasteiger partial charge in [-0.1, -0.05) is 30.3 Å². The fourth-order valence-electron chi connectivity index (χ4n) is 4.20. The molecule has 2 fully saturated rings. The van der Waals surface area contributed by atoms with E-state index in [9.17, 15) is 18.0 Å². The molecule has 1 aromatic carbocycles. The van der Waals surface area contributed by atoms with Crippen molar-refractivity contribution in [2.45, 2.75) is 18.6 Å². The number of piperazine rings is 1. The van der Waals surface area contributed by atoms with Crippen LogP contribution in [0.3, 0.4) is 0 Å². The minimum absolute atomic E-state index is 0.0609. The summed E-state index contributed by atoms with van der Waals surface area (Å²) in [4.78, 5) is 37.0. The van der Waals surface area contributed by atoms with Crippen LogP contribution in [0.2, 0.25) is 0 Å². The minimum atomic E-state index is -3.45. The lowest BCUT2D eigenvalue weighted by atomic mass is 9.97. The molecule has 10 nitrogen and oxygen atoms in total. The van der Waals surface area contributed by atoms with Crippen molar-refractivity contribution in [2.75, 3.05) is 50.8 Å². The molecule has 0 N–H and O–H groups in total. The number of hydrogen-bond acceptors (Lipinski definition) is 8. The second kappa shape index (κ2) is 10.9. The van der Waals surface area contributed by atoms with Crippen molar-refractivity contribution in [3.05, 3.63) is 54.4 Å². The predicted octanol–water partition coefficient (Wildman–Crippen LogP) is 0.910. The largest absolute Gasteiger partial charge is 0.455 e. The molecule has 0 aliphatic carbocycles. The van der Waals surface area contributed by atoms with Gasteiger partial charge in [0.25, 0.3) is 5.91 Å². The van der Waals surface area contributed by atoms with Crippen LogP contribution in [-0.2, 0) is 30.1 Å². The number of nitrogens with zero attached hydrogens (tertiary/aromatic N) is 5. The SMILES string of the molecule is O=C(OCC(=O)N1CCN(S(=O)(=O)Cc2ccccc2)CC1)C1CCN(c2ncccn2)CC1. The van der Waals surface area contributed by atoms with Crippen LogP contribution < -0.4 is 4.90 Å². The molecule has 0 bridgehead atoms. The Kier molecular flexibility index (Phi) is 7.73. The van der Waals surface area contributed by atoms with E-state index < -0.39 is 10.0 Å². The molecular formula is C23H29N5O5S. The number of carbonyl (C=O) groups is 2. The van der Waals surface area contributed by atoms with Gasteiger partial charge in [0.05, 0.1) is 11.7 Å². The summed E-state index contributed by atoms with van der Waals surface area (Å²) in [7, 11) is -3.45. The van der Waals surface area contributed by atoms with Gasteiger partial charge in [-0.3, -0.25) is 9.59 Å². The van der Waals surface area contributed by atoms with Crippen LogP contribution in [0.5, 0.6) is 0 Å². The van der Waals surface area contributed by atoms with Crippen LogP contribution in [0, 0.1) is 5.92 Å². The maximum Gasteiger partial charge on any atom is 0.309 e. The van der Waals surface area contributed by atoms with Crippen molar-refractivity contribution >= 4 is 27.8 Å². The van der Waals surface area contributed by atoms with Gasteiger partial charge < -0.3 is 14.5 Å². The van der Waals surface area contributed by atoms with Crippen molar-refractivity contribution < 1.29 is 22.7 Å². The topological polar surface area (TPSA) is 113 Å². The van der Waals surface area contributed by atoms with Gasteiger partial charge >= 0.3 is 5.97 Å². The Balaban J connectivity index is 1.18. The van der Waals surface area contributed by atoms with Crippen LogP contribution >= 0.6 is 0 Å². The summed E-state index contributed by atoms with van der Waals surface area (Å²) in [5.74, 6) is -0.342. The third kappa shape index (κ3) is 6.09. The number of anilines is 1. The standard InChI is InChI=1S/C23H29N5O5S/c29-21(17-33-22(30)20-7-11-27(12-8-20)23-24-9-4-10-25-23)26-13-15-28(16-14-26)34(31,32)18-19-5-2-1-3-6-19/h1-6,9-10,20H,7-8,11-18H2. The first-order valence-corrected chi connectivity index (χ1v) is 13.0. The first-order valence-electron chi connectivity index (χ1n) is 11.4. The number of ether oxygens (including phenoxy) is 1. The number of benzene rings is 1. The quantitative estimate of drug-likeness (QED) is 0.530. The number of sulfonamides is 1. The number of hydrogen-bond donors (Lipinski definition) is 0. The molecule has 4 rings (SSSR count). The number of amides is 1. The lowest BCUT2D eigenvalue weighted by Crippen LogP contribution is -2.51. The lowest BCUT2D eigenvalue weighted by molar-refractivity contribution is -0.156. The molecule has 2 aromatic rings. The molecule has 2 aliphatic heterocycles. The zero-order valence-corrected chi connectivity index (χ0v) is 19.8. The van der Waals surface area contributed by atoms with E-state index in [2.05, 4.69) is 9.97 Å². The highest BCUT2D eigenvalue weighted by atomic mass is 32.2. The minimum Gasteiger partial charge on any atom is -0.455 e. The number of aromatic nitrogens is 2. The molecule has 1 aromatic heterocycles. The molecule has 0 atom stereocenters. The Hall–Kier alpha value is -3.05. The van der Waals surface area contributed by atoms with E-state index in [4.69, 9.17) is 4.74 Å². The Morgan fingerprint density at radius 3 is 2.21 bits per heavy atom. The van der Waals surface area contributed by atoms with E-state index in [1.54, 1.807) is 35.5 Å². The average Bonchev–Trinajstić information content (AvgIpc) is 2.88. The van der Waals surface area contributed by atoms with Crippen molar-refractivity contribution in [2.24, 2.45) is 5.92 Å². The first-order chi connectivity index (χ1) is 16.4. The van der Waals surface area contributed by atoms with Gasteiger partial charge in [0.15, 0.2) is 6.61 Å². The van der Waals surface area contributed by atoms with Gasteiger partial charge in [-0.15, -0.1) is 0 Å². The molecule has 2 saturated heterocycles. The van der Waals surface area contributed by atoms with Gasteiger partial charge in [-0.05, 0) is 24.5 Å². The Morgan fingerprint density at radius 2 is 1.56 bits per heavy atom. The molecule has 1 amide bonds. The molecule has 0 saturated carbocycles. The van der Waals surface area contributed by atoms with E-state index >= 15 is 0 Å². The molecular weight excluding hydrogens is 458 g/mol. The zero-order chi connectivity index (χ0) is 24.0. The molecule has 182 valence electrons. The predicted molar refractivity (Wildman–Crippen MR) is 125 cm³/mol. The molecule has 0 unspecified atom stereocenters. The zero-order valence-electron chi connectivity index (χ0n) is 19.0. The fraction of sp³-hybridized carbons (Fsp3) is 0.478. The molecule has 0 radical (unpaired) electrons. The van der Waals surface area contributed by atoms with Crippen LogP contribution in [0.4, 0.5) is 5.95 Å². The van der Waals surface area contributed by atoms with E-state index in [0.29, 0.717) is 31.9 Å². The molecule has 34 heavy (non-hydrogen) atoms. The average molecular weight is 488 g/mol. The van der Waals surface area contributed by atoms with Gasteiger partial charge in [-0.25, -0.2) is 18.4 Å². The monoisotopic (exact) mass is 487 g/mol. The van der Waals surface area contributed by atoms with E-state index in [1.165, 1.54) is 4.31 Å². The summed E-state index contributed by atoms with van der Waals surface area (Å²) >= 11 is 0. The highest BCUT2D eigenvalue weighted by Gasteiger charge is 2.31. The molecule has 2 aliphatic rings. The van der Waals surface area contributed by atoms with Crippen molar-refractivity contribution in [1.82, 2.24) is 19.2 Å². The highest BCUT2D eigenvalue weighted by molar-refractivity contribution is 7.88. The highest BCUT2D eigenvalue weighted by Crippen LogP contribution is 2.21. The maximum atomic E-state index is 12.7. The Bertz CT molecular complexity index is 1070. The summed E-state index contributed by atoms with van der Waals surface area (Å²) in [6.07, 6.45) is 4.60. The first kappa shape index (κ1) is 24.1. The second-order valence-corrected chi connectivity index (χ2v) is 10.4. The maximum absolute atomic E-state index is 12.7. The summed E-state index contributed by atoms with van der Waals surface area (Å²) in [6, 6.07) is 10.8. The Morgan fingerprint density at radius 1 is 0.912 bits per heavy atom. The summed E-state index contributed by atoms with van der Waals surface area (Å²) in [5.41, 5.74) is 0.732. The number of piperidine rings is 1. The number of rotatable bonds is 7. The smallest absolute Gasteiger partial charge is 0.309 e. The van der Waals surface area contributed by atoms with E-state index in [0.717, 1.165) is 5.56 Å². The van der Waals surface area contributed by atoms with Crippen molar-refractivity contribution in [3.8, 4) is 0 Å². The molecule has 0 spiro atoms. The van der Waals surface area contributed by atoms with E-state index in [-0.39, 0.29) is 56.3 Å². The number of esters is 1. The number of carbonyl (C=O) groups excluding carboxylic acids is 2. The van der Waals surface area contributed by atoms with Crippen molar-refractivity contribution in [3.63, 3.8) is 0 Å². The van der Waals surface area contributed by atoms with Crippen LogP contribution in [0.1, 0.15) is 18.4 Å². The summed E-state index contributed by atoms with van der Waals surface area (Å²) in [6.45, 7) is 2.00. The second-order valence-electron chi connectivity index (χ2n) is 8.44. The normalized spacial score (nSPS) is 18.0. The fourth-order valence-corrected chi connectivity index (χ4v) is 5.72. The van der Waals surface area contributed by atoms with Gasteiger partial charge in [-0.2, -0.15) is 4.31 Å². The van der Waals surface area contributed by atoms with Crippen LogP contribution in [-0.4, -0.2) is 85.3 Å².